The largest absolute Gasteiger partial charge is 0.508 e. The summed E-state index contributed by atoms with van der Waals surface area (Å²) in [5, 5.41) is 30.6. The zero-order valence-corrected chi connectivity index (χ0v) is 13.8. The fraction of sp³-hybridized carbons (Fsp3) is 0.684. The molecule has 126 valence electrons. The standard InChI is InChI=1S/C19H26O4/c1-19-9-16(23-2)17-12-6-4-11(20)7-10(12)3-5-13(17)14(19)8-15(21)18(19)22/h4,6-7,13-18,20-22H,3,5,8-9H2,1-2H3/t13?,14?,15-,16+,17?,18+,19+/m1/s1. The minimum atomic E-state index is -0.660. The predicted molar refractivity (Wildman–Crippen MR) is 86.3 cm³/mol. The van der Waals surface area contributed by atoms with Gasteiger partial charge in [-0.3, -0.25) is 0 Å². The average Bonchev–Trinajstić information content (AvgIpc) is 2.77. The molecule has 4 heteroatoms. The molecule has 2 fully saturated rings. The lowest BCUT2D eigenvalue weighted by atomic mass is 9.54. The monoisotopic (exact) mass is 318 g/mol. The van der Waals surface area contributed by atoms with Crippen molar-refractivity contribution in [3.8, 4) is 5.75 Å². The Kier molecular flexibility index (Phi) is 3.49. The van der Waals surface area contributed by atoms with Gasteiger partial charge in [-0.05, 0) is 60.8 Å². The van der Waals surface area contributed by atoms with Gasteiger partial charge in [-0.2, -0.15) is 0 Å². The van der Waals surface area contributed by atoms with E-state index < -0.39 is 12.2 Å². The van der Waals surface area contributed by atoms with Gasteiger partial charge >= 0.3 is 0 Å². The Balaban J connectivity index is 1.78. The van der Waals surface area contributed by atoms with Crippen molar-refractivity contribution in [2.75, 3.05) is 7.11 Å². The topological polar surface area (TPSA) is 69.9 Å². The number of fused-ring (bicyclic) bond motifs is 5. The Bertz CT molecular complexity index is 615. The number of rotatable bonds is 1. The number of hydrogen-bond donors (Lipinski definition) is 3. The number of aryl methyl sites for hydroxylation is 1. The maximum atomic E-state index is 10.5. The highest BCUT2D eigenvalue weighted by atomic mass is 16.5. The van der Waals surface area contributed by atoms with Gasteiger partial charge < -0.3 is 20.1 Å². The van der Waals surface area contributed by atoms with E-state index in [2.05, 4.69) is 6.92 Å². The van der Waals surface area contributed by atoms with Crippen molar-refractivity contribution in [1.82, 2.24) is 0 Å². The Labute approximate surface area is 137 Å². The molecule has 7 atom stereocenters. The van der Waals surface area contributed by atoms with Crippen LogP contribution in [0.4, 0.5) is 0 Å². The summed E-state index contributed by atoms with van der Waals surface area (Å²) in [7, 11) is 1.75. The number of phenols is 1. The van der Waals surface area contributed by atoms with Crippen LogP contribution in [0.15, 0.2) is 18.2 Å². The molecule has 0 bridgehead atoms. The maximum absolute atomic E-state index is 10.5. The lowest BCUT2D eigenvalue weighted by molar-refractivity contribution is -0.102. The normalized spacial score (nSPS) is 45.2. The average molecular weight is 318 g/mol. The lowest BCUT2D eigenvalue weighted by Gasteiger charge is -2.53. The number of hydrogen-bond acceptors (Lipinski definition) is 4. The van der Waals surface area contributed by atoms with Crippen molar-refractivity contribution in [1.29, 1.82) is 0 Å². The molecule has 2 saturated carbocycles. The third-order valence-electron chi connectivity index (χ3n) is 6.94. The summed E-state index contributed by atoms with van der Waals surface area (Å²) in [4.78, 5) is 0. The van der Waals surface area contributed by atoms with Crippen molar-refractivity contribution >= 4 is 0 Å². The van der Waals surface area contributed by atoms with E-state index in [4.69, 9.17) is 4.74 Å². The number of aliphatic hydroxyl groups excluding tert-OH is 2. The third-order valence-corrected chi connectivity index (χ3v) is 6.94. The molecule has 0 aliphatic heterocycles. The summed E-state index contributed by atoms with van der Waals surface area (Å²) in [5.74, 6) is 1.36. The van der Waals surface area contributed by atoms with E-state index in [-0.39, 0.29) is 11.5 Å². The first-order valence-electron chi connectivity index (χ1n) is 8.66. The first-order valence-corrected chi connectivity index (χ1v) is 8.66. The van der Waals surface area contributed by atoms with Gasteiger partial charge in [0, 0.05) is 18.4 Å². The van der Waals surface area contributed by atoms with Crippen molar-refractivity contribution in [3.63, 3.8) is 0 Å². The van der Waals surface area contributed by atoms with E-state index in [1.165, 1.54) is 11.1 Å². The van der Waals surface area contributed by atoms with Gasteiger partial charge in [0.1, 0.15) is 5.75 Å². The van der Waals surface area contributed by atoms with Gasteiger partial charge in [0.2, 0.25) is 0 Å². The van der Waals surface area contributed by atoms with Crippen LogP contribution in [0, 0.1) is 17.3 Å². The summed E-state index contributed by atoms with van der Waals surface area (Å²) < 4.78 is 5.85. The fourth-order valence-electron chi connectivity index (χ4n) is 5.84. The summed E-state index contributed by atoms with van der Waals surface area (Å²) in [5.41, 5.74) is 2.23. The van der Waals surface area contributed by atoms with Crippen LogP contribution < -0.4 is 0 Å². The smallest absolute Gasteiger partial charge is 0.115 e. The minimum absolute atomic E-state index is 0.0461. The molecule has 3 aliphatic carbocycles. The second-order valence-electron chi connectivity index (χ2n) is 7.95. The Morgan fingerprint density at radius 1 is 1.26 bits per heavy atom. The van der Waals surface area contributed by atoms with Gasteiger partial charge in [-0.25, -0.2) is 0 Å². The summed E-state index contributed by atoms with van der Waals surface area (Å²) in [6, 6.07) is 5.68. The molecule has 3 aliphatic rings. The molecule has 0 spiro atoms. The molecule has 4 nitrogen and oxygen atoms in total. The van der Waals surface area contributed by atoms with Crippen molar-refractivity contribution in [2.45, 2.75) is 56.8 Å². The van der Waals surface area contributed by atoms with Crippen LogP contribution in [-0.2, 0) is 11.2 Å². The highest BCUT2D eigenvalue weighted by Crippen LogP contribution is 2.61. The molecule has 0 radical (unpaired) electrons. The summed E-state index contributed by atoms with van der Waals surface area (Å²) >= 11 is 0. The second-order valence-corrected chi connectivity index (χ2v) is 7.95. The third kappa shape index (κ3) is 2.08. The van der Waals surface area contributed by atoms with Crippen LogP contribution >= 0.6 is 0 Å². The maximum Gasteiger partial charge on any atom is 0.115 e. The van der Waals surface area contributed by atoms with Gasteiger partial charge in [0.25, 0.3) is 0 Å². The van der Waals surface area contributed by atoms with Gasteiger partial charge in [0.15, 0.2) is 0 Å². The molecule has 1 aromatic rings. The minimum Gasteiger partial charge on any atom is -0.508 e. The number of methoxy groups -OCH3 is 1. The summed E-state index contributed by atoms with van der Waals surface area (Å²) in [6.07, 6.45) is 2.19. The SMILES string of the molecule is CO[C@H]1C[C@@]2(C)C(C[C@@H](O)[C@@H]2O)C2CCc3cc(O)ccc3C21. The zero-order valence-electron chi connectivity index (χ0n) is 13.8. The highest BCUT2D eigenvalue weighted by Gasteiger charge is 2.60. The molecule has 4 rings (SSSR count). The Morgan fingerprint density at radius 2 is 2.04 bits per heavy atom. The molecule has 0 aromatic heterocycles. The van der Waals surface area contributed by atoms with Gasteiger partial charge in [-0.15, -0.1) is 0 Å². The van der Waals surface area contributed by atoms with E-state index in [1.54, 1.807) is 13.2 Å². The number of aliphatic hydroxyl groups is 2. The lowest BCUT2D eigenvalue weighted by Crippen LogP contribution is -2.51. The number of benzene rings is 1. The highest BCUT2D eigenvalue weighted by molar-refractivity contribution is 5.41. The zero-order chi connectivity index (χ0) is 16.4. The van der Waals surface area contributed by atoms with Crippen LogP contribution in [0.2, 0.25) is 0 Å². The fourth-order valence-corrected chi connectivity index (χ4v) is 5.84. The van der Waals surface area contributed by atoms with Crippen LogP contribution in [0.3, 0.4) is 0 Å². The Hall–Kier alpha value is -1.10. The van der Waals surface area contributed by atoms with Gasteiger partial charge in [-0.1, -0.05) is 13.0 Å². The van der Waals surface area contributed by atoms with Crippen LogP contribution in [0.25, 0.3) is 0 Å². The first-order chi connectivity index (χ1) is 11.0. The van der Waals surface area contributed by atoms with Crippen molar-refractivity contribution < 1.29 is 20.1 Å². The quantitative estimate of drug-likeness (QED) is 0.742. The first kappa shape index (κ1) is 15.4. The van der Waals surface area contributed by atoms with E-state index in [0.717, 1.165) is 19.3 Å². The number of ether oxygens (including phenoxy) is 1. The molecular formula is C19H26O4. The van der Waals surface area contributed by atoms with Crippen molar-refractivity contribution in [3.05, 3.63) is 29.3 Å². The van der Waals surface area contributed by atoms with E-state index in [9.17, 15) is 15.3 Å². The van der Waals surface area contributed by atoms with Gasteiger partial charge in [0.05, 0.1) is 18.3 Å². The molecule has 3 N–H and O–H groups in total. The van der Waals surface area contributed by atoms with E-state index in [0.29, 0.717) is 29.9 Å². The van der Waals surface area contributed by atoms with Crippen LogP contribution in [0.5, 0.6) is 5.75 Å². The van der Waals surface area contributed by atoms with E-state index >= 15 is 0 Å². The van der Waals surface area contributed by atoms with Crippen LogP contribution in [0.1, 0.15) is 43.2 Å². The molecule has 0 saturated heterocycles. The van der Waals surface area contributed by atoms with Crippen molar-refractivity contribution in [2.24, 2.45) is 17.3 Å². The summed E-state index contributed by atoms with van der Waals surface area (Å²) in [6.45, 7) is 2.12. The van der Waals surface area contributed by atoms with Crippen LogP contribution in [-0.4, -0.2) is 40.7 Å². The predicted octanol–water partition coefficient (Wildman–Crippen LogP) is 2.20. The molecule has 3 unspecified atom stereocenters. The molecule has 0 amide bonds. The Morgan fingerprint density at radius 3 is 2.78 bits per heavy atom. The number of phenolic OH excluding ortho intramolecular Hbond substituents is 1. The molecule has 23 heavy (non-hydrogen) atoms. The molecule has 0 heterocycles. The number of aromatic hydroxyl groups is 1. The molecular weight excluding hydrogens is 292 g/mol. The second kappa shape index (κ2) is 5.20. The molecule has 1 aromatic carbocycles. The van der Waals surface area contributed by atoms with E-state index in [1.807, 2.05) is 12.1 Å².